The zero-order valence-corrected chi connectivity index (χ0v) is 24.0. The van der Waals surface area contributed by atoms with Crippen molar-refractivity contribution in [1.29, 1.82) is 0 Å². The van der Waals surface area contributed by atoms with Gasteiger partial charge in [0.1, 0.15) is 23.9 Å². The number of carbonyl (C=O) groups is 3. The lowest BCUT2D eigenvalue weighted by Gasteiger charge is -2.32. The maximum Gasteiger partial charge on any atom is 0.420 e. The van der Waals surface area contributed by atoms with Crippen molar-refractivity contribution >= 4 is 18.2 Å². The van der Waals surface area contributed by atoms with Gasteiger partial charge in [0, 0.05) is 10.5 Å². The van der Waals surface area contributed by atoms with Gasteiger partial charge in [0.05, 0.1) is 5.92 Å². The number of imide groups is 1. The van der Waals surface area contributed by atoms with Crippen molar-refractivity contribution in [3.63, 3.8) is 0 Å². The zero-order valence-electron chi connectivity index (χ0n) is 24.0. The highest BCUT2D eigenvalue weighted by Crippen LogP contribution is 2.29. The van der Waals surface area contributed by atoms with Crippen LogP contribution in [0.15, 0.2) is 48.5 Å². The Bertz CT molecular complexity index is 1200. The summed E-state index contributed by atoms with van der Waals surface area (Å²) in [6.45, 7) is 8.33. The molecule has 0 saturated heterocycles. The molecule has 2 aromatic rings. The predicted molar refractivity (Wildman–Crippen MR) is 145 cm³/mol. The summed E-state index contributed by atoms with van der Waals surface area (Å²) in [4.78, 5) is 51.2. The highest BCUT2D eigenvalue weighted by Gasteiger charge is 2.42. The van der Waals surface area contributed by atoms with Gasteiger partial charge in [-0.1, -0.05) is 42.5 Å². The van der Waals surface area contributed by atoms with E-state index in [0.717, 1.165) is 6.07 Å². The number of hydrogen-bond donors (Lipinski definition) is 0. The van der Waals surface area contributed by atoms with Crippen molar-refractivity contribution in [3.8, 4) is 0 Å². The minimum atomic E-state index is -1.67. The molecule has 10 nitrogen and oxygen atoms in total. The second kappa shape index (κ2) is 14.0. The molecule has 0 heterocycles. The highest BCUT2D eigenvalue weighted by atomic mass is 19.2. The minimum absolute atomic E-state index is 0.205. The number of nitrogens with zero attached hydrogens (tertiary/aromatic N) is 2. The van der Waals surface area contributed by atoms with Crippen LogP contribution in [0.25, 0.3) is 0 Å². The van der Waals surface area contributed by atoms with Crippen molar-refractivity contribution in [2.24, 2.45) is 0 Å². The molecule has 0 spiro atoms. The number of carbonyl (C=O) groups excluding carboxylic acids is 3. The number of ether oxygens (including phenoxy) is 3. The van der Waals surface area contributed by atoms with Crippen LogP contribution in [-0.2, 0) is 25.6 Å². The summed E-state index contributed by atoms with van der Waals surface area (Å²) in [5.74, 6) is -4.69. The van der Waals surface area contributed by atoms with E-state index in [0.29, 0.717) is 10.5 Å². The van der Waals surface area contributed by atoms with E-state index in [1.54, 1.807) is 71.9 Å². The standard InChI is InChI=1S/C29H36F2N2O8/c1-28(2,3)40-26(35)33(27(36)41-29(4,5)6)23(25(34)39-18-19-11-8-7-9-12-19)16-15-20(17-32(37)38)21-13-10-14-22(30)24(21)31/h7-14,20,23H,15-18H2,1-6H3. The Labute approximate surface area is 237 Å². The van der Waals surface area contributed by atoms with E-state index in [4.69, 9.17) is 14.2 Å². The third-order valence-electron chi connectivity index (χ3n) is 5.57. The fourth-order valence-electron chi connectivity index (χ4n) is 3.85. The molecule has 0 saturated carbocycles. The van der Waals surface area contributed by atoms with Gasteiger partial charge in [-0.2, -0.15) is 4.90 Å². The normalized spacial score (nSPS) is 13.1. The Kier molecular flexibility index (Phi) is 11.3. The molecule has 0 aromatic heterocycles. The number of halogens is 2. The van der Waals surface area contributed by atoms with E-state index in [9.17, 15) is 33.3 Å². The summed E-state index contributed by atoms with van der Waals surface area (Å²) >= 11 is 0. The number of amides is 2. The lowest BCUT2D eigenvalue weighted by molar-refractivity contribution is -0.483. The van der Waals surface area contributed by atoms with Crippen LogP contribution in [0.3, 0.4) is 0 Å². The second-order valence-corrected chi connectivity index (χ2v) is 11.4. The molecule has 0 fully saturated rings. The fourth-order valence-corrected chi connectivity index (χ4v) is 3.85. The number of benzene rings is 2. The first-order valence-corrected chi connectivity index (χ1v) is 13.0. The van der Waals surface area contributed by atoms with Gasteiger partial charge in [-0.05, 0) is 66.0 Å². The van der Waals surface area contributed by atoms with Crippen LogP contribution in [0.4, 0.5) is 18.4 Å². The van der Waals surface area contributed by atoms with E-state index >= 15 is 0 Å². The minimum Gasteiger partial charge on any atom is -0.459 e. The molecular weight excluding hydrogens is 542 g/mol. The van der Waals surface area contributed by atoms with Crippen LogP contribution in [-0.4, -0.2) is 51.8 Å². The Morgan fingerprint density at radius 2 is 1.44 bits per heavy atom. The molecule has 0 radical (unpaired) electrons. The predicted octanol–water partition coefficient (Wildman–Crippen LogP) is 6.39. The molecule has 0 aliphatic rings. The van der Waals surface area contributed by atoms with Crippen LogP contribution in [0, 0.1) is 21.7 Å². The van der Waals surface area contributed by atoms with Crippen LogP contribution in [0.5, 0.6) is 0 Å². The summed E-state index contributed by atoms with van der Waals surface area (Å²) in [5, 5.41) is 11.4. The Balaban J connectivity index is 2.50. The van der Waals surface area contributed by atoms with E-state index < -0.39 is 70.8 Å². The molecule has 2 aromatic carbocycles. The monoisotopic (exact) mass is 578 g/mol. The van der Waals surface area contributed by atoms with Crippen molar-refractivity contribution in [1.82, 2.24) is 4.90 Å². The molecule has 0 N–H and O–H groups in total. The van der Waals surface area contributed by atoms with Crippen molar-refractivity contribution in [3.05, 3.63) is 81.4 Å². The summed E-state index contributed by atoms with van der Waals surface area (Å²) in [7, 11) is 0. The first kappa shape index (κ1) is 33.1. The SMILES string of the molecule is CC(C)(C)OC(=O)N(C(=O)OC(C)(C)C)C(CCC(C[N+](=O)[O-])c1cccc(F)c1F)C(=O)OCc1ccccc1. The molecule has 224 valence electrons. The van der Waals surface area contributed by atoms with Gasteiger partial charge in [-0.3, -0.25) is 10.1 Å². The van der Waals surface area contributed by atoms with Crippen LogP contribution in [0.1, 0.15) is 71.4 Å². The van der Waals surface area contributed by atoms with Gasteiger partial charge in [0.25, 0.3) is 0 Å². The smallest absolute Gasteiger partial charge is 0.420 e. The molecule has 2 rings (SSSR count). The molecule has 0 aliphatic carbocycles. The largest absolute Gasteiger partial charge is 0.459 e. The van der Waals surface area contributed by atoms with E-state index in [1.165, 1.54) is 12.1 Å². The quantitative estimate of drug-likeness (QED) is 0.137. The van der Waals surface area contributed by atoms with Gasteiger partial charge in [-0.25, -0.2) is 23.2 Å². The molecule has 0 aliphatic heterocycles. The lowest BCUT2D eigenvalue weighted by atomic mass is 9.91. The molecule has 2 atom stereocenters. The van der Waals surface area contributed by atoms with Gasteiger partial charge in [0.2, 0.25) is 6.54 Å². The molecule has 41 heavy (non-hydrogen) atoms. The third kappa shape index (κ3) is 10.8. The molecule has 2 amide bonds. The van der Waals surface area contributed by atoms with E-state index in [-0.39, 0.29) is 18.6 Å². The Hall–Kier alpha value is -4.09. The molecule has 0 bridgehead atoms. The third-order valence-corrected chi connectivity index (χ3v) is 5.57. The van der Waals surface area contributed by atoms with Gasteiger partial charge >= 0.3 is 18.2 Å². The molecular formula is C29H36F2N2O8. The number of rotatable bonds is 10. The first-order chi connectivity index (χ1) is 19.0. The van der Waals surface area contributed by atoms with Gasteiger partial charge < -0.3 is 14.2 Å². The number of hydrogen-bond acceptors (Lipinski definition) is 8. The van der Waals surface area contributed by atoms with Gasteiger partial charge in [0.15, 0.2) is 11.6 Å². The fraction of sp³-hybridized carbons (Fsp3) is 0.483. The topological polar surface area (TPSA) is 125 Å². The lowest BCUT2D eigenvalue weighted by Crippen LogP contribution is -2.52. The maximum atomic E-state index is 14.6. The second-order valence-electron chi connectivity index (χ2n) is 11.4. The average molecular weight is 579 g/mol. The summed E-state index contributed by atoms with van der Waals surface area (Å²) in [5.41, 5.74) is -1.81. The molecule has 2 unspecified atom stereocenters. The zero-order chi connectivity index (χ0) is 31.0. The summed E-state index contributed by atoms with van der Waals surface area (Å²) < 4.78 is 44.8. The van der Waals surface area contributed by atoms with Crippen molar-refractivity contribution in [2.45, 2.75) is 84.2 Å². The van der Waals surface area contributed by atoms with Crippen molar-refractivity contribution < 1.29 is 42.3 Å². The maximum absolute atomic E-state index is 14.6. The molecule has 12 heteroatoms. The summed E-state index contributed by atoms with van der Waals surface area (Å²) in [6, 6.07) is 10.2. The average Bonchev–Trinajstić information content (AvgIpc) is 2.84. The summed E-state index contributed by atoms with van der Waals surface area (Å²) in [6.07, 6.45) is -3.12. The van der Waals surface area contributed by atoms with Crippen LogP contribution >= 0.6 is 0 Å². The van der Waals surface area contributed by atoms with E-state index in [2.05, 4.69) is 0 Å². The number of esters is 1. The van der Waals surface area contributed by atoms with E-state index in [1.807, 2.05) is 0 Å². The first-order valence-electron chi connectivity index (χ1n) is 13.0. The van der Waals surface area contributed by atoms with Crippen LogP contribution < -0.4 is 0 Å². The Morgan fingerprint density at radius 1 is 0.878 bits per heavy atom. The Morgan fingerprint density at radius 3 is 1.95 bits per heavy atom. The van der Waals surface area contributed by atoms with Crippen molar-refractivity contribution in [2.75, 3.05) is 6.54 Å². The highest BCUT2D eigenvalue weighted by molar-refractivity contribution is 5.94. The number of nitro groups is 1. The van der Waals surface area contributed by atoms with Gasteiger partial charge in [-0.15, -0.1) is 0 Å². The van der Waals surface area contributed by atoms with Crippen LogP contribution in [0.2, 0.25) is 0 Å².